The van der Waals surface area contributed by atoms with Crippen LogP contribution in [0.1, 0.15) is 0 Å². The normalized spacial score (nSPS) is 11.1. The molecule has 0 fully saturated rings. The third-order valence-electron chi connectivity index (χ3n) is 11.3. The van der Waals surface area contributed by atoms with Gasteiger partial charge >= 0.3 is 0 Å². The second-order valence-corrected chi connectivity index (χ2v) is 14.9. The maximum absolute atomic E-state index is 2.43. The number of fused-ring (bicyclic) bond motifs is 1. The number of rotatable bonds is 9. The first-order chi connectivity index (χ1) is 29.3. The van der Waals surface area contributed by atoms with Crippen molar-refractivity contribution in [2.75, 3.05) is 4.90 Å². The van der Waals surface area contributed by atoms with Crippen molar-refractivity contribution in [2.24, 2.45) is 0 Å². The number of anilines is 3. The molecule has 0 amide bonds. The third kappa shape index (κ3) is 7.23. The van der Waals surface area contributed by atoms with E-state index in [4.69, 9.17) is 0 Å². The molecule has 0 saturated carbocycles. The molecule has 10 rings (SSSR count). The topological polar surface area (TPSA) is 3.24 Å². The molecule has 0 unspecified atom stereocenters. The molecule has 0 bridgehead atoms. The Kier molecular flexibility index (Phi) is 9.68. The summed E-state index contributed by atoms with van der Waals surface area (Å²) in [4.78, 5) is 2.43. The number of hydrogen-bond acceptors (Lipinski definition) is 1. The molecule has 0 aliphatic rings. The van der Waals surface area contributed by atoms with Crippen molar-refractivity contribution in [3.05, 3.63) is 249 Å². The van der Waals surface area contributed by atoms with Gasteiger partial charge in [0.25, 0.3) is 0 Å². The van der Waals surface area contributed by atoms with E-state index in [1.54, 1.807) is 0 Å². The zero-order chi connectivity index (χ0) is 39.4. The quantitative estimate of drug-likeness (QED) is 0.142. The molecule has 278 valence electrons. The van der Waals surface area contributed by atoms with E-state index >= 15 is 0 Å². The molecule has 0 spiro atoms. The van der Waals surface area contributed by atoms with Gasteiger partial charge < -0.3 is 4.90 Å². The highest BCUT2D eigenvalue weighted by molar-refractivity contribution is 6.01. The van der Waals surface area contributed by atoms with E-state index in [2.05, 4.69) is 254 Å². The Morgan fingerprint density at radius 2 is 0.627 bits per heavy atom. The Bertz CT molecular complexity index is 3000. The molecule has 0 radical (unpaired) electrons. The van der Waals surface area contributed by atoms with E-state index in [1.807, 2.05) is 0 Å². The van der Waals surface area contributed by atoms with Crippen molar-refractivity contribution >= 4 is 27.8 Å². The van der Waals surface area contributed by atoms with Crippen LogP contribution in [0.2, 0.25) is 0 Å². The maximum atomic E-state index is 2.43. The molecule has 0 saturated heterocycles. The molecule has 0 aliphatic carbocycles. The molecule has 0 N–H and O–H groups in total. The average molecular weight is 752 g/mol. The van der Waals surface area contributed by atoms with Gasteiger partial charge in [0, 0.05) is 16.9 Å². The van der Waals surface area contributed by atoms with Crippen molar-refractivity contribution in [1.82, 2.24) is 0 Å². The fourth-order valence-electron chi connectivity index (χ4n) is 8.35. The summed E-state index contributed by atoms with van der Waals surface area (Å²) in [5.41, 5.74) is 17.5. The summed E-state index contributed by atoms with van der Waals surface area (Å²) in [5, 5.41) is 2.49. The second kappa shape index (κ2) is 16.0. The minimum Gasteiger partial charge on any atom is -0.310 e. The highest BCUT2D eigenvalue weighted by Gasteiger charge is 2.23. The van der Waals surface area contributed by atoms with Crippen LogP contribution in [-0.4, -0.2) is 0 Å². The molecule has 1 heteroatoms. The van der Waals surface area contributed by atoms with Crippen LogP contribution < -0.4 is 4.90 Å². The standard InChI is InChI=1S/C58H41N/c1-4-16-42(17-5-1)49-24-14-25-50(40-49)44-32-36-52(37-33-44)59(53-38-34-45(35-39-53)51-31-30-43-18-10-11-23-48(43)41-51)57-29-15-28-55(47-21-8-3-9-22-47)58(57)56-27-13-12-26-54(56)46-19-6-2-7-20-46/h1-41H. The van der Waals surface area contributed by atoms with Gasteiger partial charge in [-0.25, -0.2) is 0 Å². The Balaban J connectivity index is 1.15. The summed E-state index contributed by atoms with van der Waals surface area (Å²) in [6.07, 6.45) is 0. The molecule has 10 aromatic carbocycles. The molecule has 0 heterocycles. The molecular formula is C58H41N. The lowest BCUT2D eigenvalue weighted by Gasteiger charge is -2.30. The fourth-order valence-corrected chi connectivity index (χ4v) is 8.35. The number of hydrogen-bond donors (Lipinski definition) is 0. The van der Waals surface area contributed by atoms with Gasteiger partial charge in [-0.05, 0) is 114 Å². The monoisotopic (exact) mass is 751 g/mol. The van der Waals surface area contributed by atoms with Crippen LogP contribution in [0.25, 0.3) is 77.5 Å². The third-order valence-corrected chi connectivity index (χ3v) is 11.3. The van der Waals surface area contributed by atoms with Gasteiger partial charge in [-0.3, -0.25) is 0 Å². The van der Waals surface area contributed by atoms with Crippen molar-refractivity contribution in [3.8, 4) is 66.8 Å². The van der Waals surface area contributed by atoms with Gasteiger partial charge in [0.05, 0.1) is 5.69 Å². The van der Waals surface area contributed by atoms with Crippen molar-refractivity contribution in [3.63, 3.8) is 0 Å². The first-order valence-corrected chi connectivity index (χ1v) is 20.3. The van der Waals surface area contributed by atoms with Crippen LogP contribution in [0.15, 0.2) is 249 Å². The van der Waals surface area contributed by atoms with Crippen molar-refractivity contribution in [1.29, 1.82) is 0 Å². The van der Waals surface area contributed by atoms with Crippen LogP contribution in [-0.2, 0) is 0 Å². The van der Waals surface area contributed by atoms with E-state index < -0.39 is 0 Å². The first kappa shape index (κ1) is 35.7. The molecule has 0 aromatic heterocycles. The van der Waals surface area contributed by atoms with E-state index in [-0.39, 0.29) is 0 Å². The highest BCUT2D eigenvalue weighted by atomic mass is 15.1. The second-order valence-electron chi connectivity index (χ2n) is 14.9. The molecule has 0 atom stereocenters. The van der Waals surface area contributed by atoms with Gasteiger partial charge in [-0.2, -0.15) is 0 Å². The van der Waals surface area contributed by atoms with Crippen LogP contribution in [0.3, 0.4) is 0 Å². The summed E-state index contributed by atoms with van der Waals surface area (Å²) in [5.74, 6) is 0. The molecule has 59 heavy (non-hydrogen) atoms. The minimum absolute atomic E-state index is 1.08. The lowest BCUT2D eigenvalue weighted by Crippen LogP contribution is -2.12. The van der Waals surface area contributed by atoms with Crippen LogP contribution in [0, 0.1) is 0 Å². The van der Waals surface area contributed by atoms with Crippen LogP contribution >= 0.6 is 0 Å². The van der Waals surface area contributed by atoms with Gasteiger partial charge in [-0.1, -0.05) is 206 Å². The van der Waals surface area contributed by atoms with Gasteiger partial charge in [0.2, 0.25) is 0 Å². The SMILES string of the molecule is c1ccc(-c2cccc(-c3ccc(N(c4ccc(-c5ccc6ccccc6c5)cc4)c4cccc(-c5ccccc5)c4-c4ccccc4-c4ccccc4)cc3)c2)cc1. The smallest absolute Gasteiger partial charge is 0.0546 e. The highest BCUT2D eigenvalue weighted by Crippen LogP contribution is 2.48. The van der Waals surface area contributed by atoms with E-state index in [9.17, 15) is 0 Å². The number of benzene rings is 10. The minimum atomic E-state index is 1.08. The predicted molar refractivity (Wildman–Crippen MR) is 251 cm³/mol. The van der Waals surface area contributed by atoms with E-state index in [0.717, 1.165) is 17.1 Å². The molecule has 0 aliphatic heterocycles. The van der Waals surface area contributed by atoms with Gasteiger partial charge in [0.15, 0.2) is 0 Å². The Morgan fingerprint density at radius 3 is 1.24 bits per heavy atom. The summed E-state index contributed by atoms with van der Waals surface area (Å²) in [7, 11) is 0. The Labute approximate surface area is 346 Å². The van der Waals surface area contributed by atoms with Crippen LogP contribution in [0.4, 0.5) is 17.1 Å². The summed E-state index contributed by atoms with van der Waals surface area (Å²) < 4.78 is 0. The van der Waals surface area contributed by atoms with E-state index in [0.29, 0.717) is 0 Å². The van der Waals surface area contributed by atoms with Crippen LogP contribution in [0.5, 0.6) is 0 Å². The number of nitrogens with zero attached hydrogens (tertiary/aromatic N) is 1. The van der Waals surface area contributed by atoms with E-state index in [1.165, 1.54) is 77.5 Å². The Hall–Kier alpha value is -7.74. The zero-order valence-electron chi connectivity index (χ0n) is 32.6. The zero-order valence-corrected chi connectivity index (χ0v) is 32.6. The lowest BCUT2D eigenvalue weighted by atomic mass is 9.87. The lowest BCUT2D eigenvalue weighted by molar-refractivity contribution is 1.28. The molecule has 10 aromatic rings. The fraction of sp³-hybridized carbons (Fsp3) is 0. The maximum Gasteiger partial charge on any atom is 0.0546 e. The Morgan fingerprint density at radius 1 is 0.220 bits per heavy atom. The average Bonchev–Trinajstić information content (AvgIpc) is 3.33. The van der Waals surface area contributed by atoms with Gasteiger partial charge in [0.1, 0.15) is 0 Å². The summed E-state index contributed by atoms with van der Waals surface area (Å²) >= 11 is 0. The summed E-state index contributed by atoms with van der Waals surface area (Å²) in [6.45, 7) is 0. The molecular weight excluding hydrogens is 711 g/mol. The largest absolute Gasteiger partial charge is 0.310 e. The van der Waals surface area contributed by atoms with Gasteiger partial charge in [-0.15, -0.1) is 0 Å². The first-order valence-electron chi connectivity index (χ1n) is 20.3. The van der Waals surface area contributed by atoms with Crippen molar-refractivity contribution in [2.45, 2.75) is 0 Å². The van der Waals surface area contributed by atoms with Crippen molar-refractivity contribution < 1.29 is 0 Å². The summed E-state index contributed by atoms with van der Waals surface area (Å²) in [6, 6.07) is 89.9. The predicted octanol–water partition coefficient (Wildman–Crippen LogP) is 16.3. The molecule has 1 nitrogen and oxygen atoms in total.